The average molecular weight is 347 g/mol. The molecule has 0 bridgehead atoms. The van der Waals surface area contributed by atoms with Crippen molar-refractivity contribution >= 4 is 11.7 Å². The highest BCUT2D eigenvalue weighted by atomic mass is 16.5. The normalized spacial score (nSPS) is 11.2. The van der Waals surface area contributed by atoms with E-state index in [1.807, 2.05) is 43.1 Å². The van der Waals surface area contributed by atoms with E-state index in [2.05, 4.69) is 10.3 Å². The van der Waals surface area contributed by atoms with Gasteiger partial charge >= 0.3 is 5.97 Å². The van der Waals surface area contributed by atoms with Gasteiger partial charge in [0.2, 0.25) is 0 Å². The SMILES string of the molecule is CCOC(=O)/C=C/CCCc1cccc(OC)c1N=NN(CC)CC. The Morgan fingerprint density at radius 3 is 2.64 bits per heavy atom. The minimum absolute atomic E-state index is 0.294. The highest BCUT2D eigenvalue weighted by molar-refractivity contribution is 5.81. The first kappa shape index (κ1) is 20.7. The summed E-state index contributed by atoms with van der Waals surface area (Å²) in [5, 5.41) is 10.6. The average Bonchev–Trinajstić information content (AvgIpc) is 2.63. The number of ether oxygens (including phenoxy) is 2. The highest BCUT2D eigenvalue weighted by Gasteiger charge is 2.09. The van der Waals surface area contributed by atoms with Gasteiger partial charge in [0.1, 0.15) is 11.4 Å². The number of hydrogen-bond acceptors (Lipinski definition) is 5. The van der Waals surface area contributed by atoms with E-state index in [9.17, 15) is 4.79 Å². The number of carbonyl (C=O) groups is 1. The van der Waals surface area contributed by atoms with Crippen molar-refractivity contribution in [2.45, 2.75) is 40.0 Å². The molecule has 0 saturated heterocycles. The van der Waals surface area contributed by atoms with E-state index in [4.69, 9.17) is 9.47 Å². The highest BCUT2D eigenvalue weighted by Crippen LogP contribution is 2.32. The number of allylic oxidation sites excluding steroid dienone is 1. The molecule has 0 unspecified atom stereocenters. The van der Waals surface area contributed by atoms with E-state index in [1.165, 1.54) is 6.08 Å². The summed E-state index contributed by atoms with van der Waals surface area (Å²) in [6.07, 6.45) is 5.85. The molecule has 1 aromatic carbocycles. The molecule has 0 atom stereocenters. The predicted octanol–water partition coefficient (Wildman–Crippen LogP) is 4.48. The first-order valence-corrected chi connectivity index (χ1v) is 8.81. The van der Waals surface area contributed by atoms with Crippen molar-refractivity contribution in [2.75, 3.05) is 26.8 Å². The van der Waals surface area contributed by atoms with E-state index >= 15 is 0 Å². The molecule has 0 radical (unpaired) electrons. The quantitative estimate of drug-likeness (QED) is 0.195. The van der Waals surface area contributed by atoms with E-state index in [-0.39, 0.29) is 5.97 Å². The van der Waals surface area contributed by atoms with Crippen molar-refractivity contribution in [3.63, 3.8) is 0 Å². The summed E-state index contributed by atoms with van der Waals surface area (Å²) >= 11 is 0. The van der Waals surface area contributed by atoms with Crippen LogP contribution in [-0.4, -0.2) is 37.8 Å². The van der Waals surface area contributed by atoms with E-state index in [1.54, 1.807) is 14.0 Å². The maximum absolute atomic E-state index is 11.3. The van der Waals surface area contributed by atoms with Crippen LogP contribution in [0.15, 0.2) is 40.7 Å². The lowest BCUT2D eigenvalue weighted by molar-refractivity contribution is -0.137. The van der Waals surface area contributed by atoms with Gasteiger partial charge in [-0.25, -0.2) is 4.79 Å². The van der Waals surface area contributed by atoms with Crippen molar-refractivity contribution in [2.24, 2.45) is 10.3 Å². The van der Waals surface area contributed by atoms with Crippen LogP contribution in [0, 0.1) is 0 Å². The van der Waals surface area contributed by atoms with Gasteiger partial charge in [-0.15, -0.1) is 5.11 Å². The van der Waals surface area contributed by atoms with Gasteiger partial charge < -0.3 is 9.47 Å². The summed E-state index contributed by atoms with van der Waals surface area (Å²) in [6, 6.07) is 5.88. The molecule has 6 heteroatoms. The third-order valence-corrected chi connectivity index (χ3v) is 3.66. The van der Waals surface area contributed by atoms with Gasteiger partial charge in [-0.05, 0) is 51.7 Å². The number of nitrogens with zero attached hydrogens (tertiary/aromatic N) is 3. The largest absolute Gasteiger partial charge is 0.494 e. The molecule has 0 heterocycles. The molecule has 0 amide bonds. The monoisotopic (exact) mass is 347 g/mol. The lowest BCUT2D eigenvalue weighted by atomic mass is 10.1. The molecule has 25 heavy (non-hydrogen) atoms. The maximum Gasteiger partial charge on any atom is 0.330 e. The fourth-order valence-electron chi connectivity index (χ4n) is 2.29. The molecule has 1 rings (SSSR count). The fraction of sp³-hybridized carbons (Fsp3) is 0.526. The summed E-state index contributed by atoms with van der Waals surface area (Å²) in [4.78, 5) is 11.3. The van der Waals surface area contributed by atoms with Crippen LogP contribution in [0.4, 0.5) is 5.69 Å². The molecule has 1 aromatic rings. The first-order chi connectivity index (χ1) is 12.2. The van der Waals surface area contributed by atoms with E-state index in [0.29, 0.717) is 6.61 Å². The second-order valence-electron chi connectivity index (χ2n) is 5.34. The van der Waals surface area contributed by atoms with Crippen LogP contribution < -0.4 is 4.74 Å². The lowest BCUT2D eigenvalue weighted by Gasteiger charge is -2.13. The lowest BCUT2D eigenvalue weighted by Crippen LogP contribution is -2.14. The third-order valence-electron chi connectivity index (χ3n) is 3.66. The third kappa shape index (κ3) is 7.37. The van der Waals surface area contributed by atoms with Crippen molar-refractivity contribution in [1.82, 2.24) is 5.01 Å². The number of methoxy groups -OCH3 is 1. The number of aryl methyl sites for hydroxylation is 1. The summed E-state index contributed by atoms with van der Waals surface area (Å²) in [5.74, 6) is 0.424. The first-order valence-electron chi connectivity index (χ1n) is 8.81. The molecule has 0 aliphatic heterocycles. The summed E-state index contributed by atoms with van der Waals surface area (Å²) in [5.41, 5.74) is 1.85. The number of carbonyl (C=O) groups excluding carboxylic acids is 1. The smallest absolute Gasteiger partial charge is 0.330 e. The Morgan fingerprint density at radius 2 is 2.00 bits per heavy atom. The summed E-state index contributed by atoms with van der Waals surface area (Å²) in [7, 11) is 1.64. The Morgan fingerprint density at radius 1 is 1.24 bits per heavy atom. The van der Waals surface area contributed by atoms with Gasteiger partial charge in [-0.3, -0.25) is 5.01 Å². The number of benzene rings is 1. The van der Waals surface area contributed by atoms with Gasteiger partial charge in [0.05, 0.1) is 13.7 Å². The Balaban J connectivity index is 2.74. The Bertz CT molecular complexity index is 581. The zero-order valence-electron chi connectivity index (χ0n) is 15.7. The molecule has 0 saturated carbocycles. The van der Waals surface area contributed by atoms with E-state index in [0.717, 1.165) is 49.4 Å². The molecule has 6 nitrogen and oxygen atoms in total. The van der Waals surface area contributed by atoms with Crippen molar-refractivity contribution < 1.29 is 14.3 Å². The Labute approximate surface area is 150 Å². The standard InChI is InChI=1S/C19H29N3O3/c1-5-22(6-2)21-20-19-16(13-11-14-17(19)24-4)12-9-8-10-15-18(23)25-7-3/h10-11,13-15H,5-9,12H2,1-4H3/b15-10+,21-20?. The molecule has 138 valence electrons. The van der Waals surface area contributed by atoms with E-state index < -0.39 is 0 Å². The fourth-order valence-corrected chi connectivity index (χ4v) is 2.29. The number of unbranched alkanes of at least 4 members (excludes halogenated alkanes) is 1. The minimum atomic E-state index is -0.294. The van der Waals surface area contributed by atoms with Gasteiger partial charge in [0, 0.05) is 19.2 Å². The summed E-state index contributed by atoms with van der Waals surface area (Å²) in [6.45, 7) is 7.89. The predicted molar refractivity (Wildman–Crippen MR) is 99.1 cm³/mol. The molecule has 0 aliphatic rings. The van der Waals surface area contributed by atoms with Crippen LogP contribution >= 0.6 is 0 Å². The van der Waals surface area contributed by atoms with Crippen LogP contribution in [0.1, 0.15) is 39.2 Å². The van der Waals surface area contributed by atoms with Crippen LogP contribution in [0.2, 0.25) is 0 Å². The van der Waals surface area contributed by atoms with Gasteiger partial charge in [0.25, 0.3) is 0 Å². The second kappa shape index (κ2) is 12.1. The molecular weight excluding hydrogens is 318 g/mol. The summed E-state index contributed by atoms with van der Waals surface area (Å²) < 4.78 is 10.3. The van der Waals surface area contributed by atoms with Gasteiger partial charge in [-0.2, -0.15) is 0 Å². The Kier molecular flexibility index (Phi) is 9.97. The number of hydrogen-bond donors (Lipinski definition) is 0. The molecule has 0 spiro atoms. The molecular formula is C19H29N3O3. The van der Waals surface area contributed by atoms with Crippen LogP contribution in [0.5, 0.6) is 5.75 Å². The van der Waals surface area contributed by atoms with Crippen molar-refractivity contribution in [1.29, 1.82) is 0 Å². The topological polar surface area (TPSA) is 63.5 Å². The van der Waals surface area contributed by atoms with Crippen LogP contribution in [0.3, 0.4) is 0 Å². The molecule has 0 fully saturated rings. The zero-order chi connectivity index (χ0) is 18.5. The Hall–Kier alpha value is -2.37. The maximum atomic E-state index is 11.3. The van der Waals surface area contributed by atoms with Crippen LogP contribution in [-0.2, 0) is 16.0 Å². The van der Waals surface area contributed by atoms with Crippen molar-refractivity contribution in [3.05, 3.63) is 35.9 Å². The van der Waals surface area contributed by atoms with Crippen molar-refractivity contribution in [3.8, 4) is 5.75 Å². The molecule has 0 aromatic heterocycles. The number of rotatable bonds is 11. The second-order valence-corrected chi connectivity index (χ2v) is 5.34. The number of esters is 1. The zero-order valence-corrected chi connectivity index (χ0v) is 15.7. The van der Waals surface area contributed by atoms with Gasteiger partial charge in [-0.1, -0.05) is 23.4 Å². The minimum Gasteiger partial charge on any atom is -0.494 e. The van der Waals surface area contributed by atoms with Crippen LogP contribution in [0.25, 0.3) is 0 Å². The van der Waals surface area contributed by atoms with Gasteiger partial charge in [0.15, 0.2) is 0 Å². The molecule has 0 N–H and O–H groups in total. The molecule has 0 aliphatic carbocycles.